The molecular formula is C18H16NO3-. The Labute approximate surface area is 128 Å². The molecule has 1 aliphatic carbocycles. The number of aliphatic carboxylic acids is 1. The summed E-state index contributed by atoms with van der Waals surface area (Å²) < 4.78 is 0. The predicted molar refractivity (Wildman–Crippen MR) is 82.9 cm³/mol. The first-order valence-corrected chi connectivity index (χ1v) is 7.30. The van der Waals surface area contributed by atoms with Gasteiger partial charge in [0, 0.05) is 17.6 Å². The van der Waals surface area contributed by atoms with E-state index in [-0.39, 0.29) is 5.91 Å². The van der Waals surface area contributed by atoms with E-state index < -0.39 is 17.8 Å². The van der Waals surface area contributed by atoms with Gasteiger partial charge in [0.15, 0.2) is 0 Å². The van der Waals surface area contributed by atoms with E-state index in [4.69, 9.17) is 0 Å². The van der Waals surface area contributed by atoms with Gasteiger partial charge in [-0.05, 0) is 35.7 Å². The molecule has 1 N–H and O–H groups in total. The van der Waals surface area contributed by atoms with Crippen molar-refractivity contribution in [2.75, 3.05) is 5.32 Å². The monoisotopic (exact) mass is 294 g/mol. The molecule has 0 bridgehead atoms. The van der Waals surface area contributed by atoms with Gasteiger partial charge >= 0.3 is 0 Å². The molecule has 2 atom stereocenters. The summed E-state index contributed by atoms with van der Waals surface area (Å²) in [5.74, 6) is -2.77. The standard InChI is InChI=1S/C18H17NO3/c20-17(15-7-3-4-8-16(15)18(21)22)19-14-10-9-12-5-1-2-6-13(12)11-14/h1-6,9-11,15-16H,7-8H2,(H,19,20)(H,21,22)/p-1/t15-,16-/m0/s1. The maximum Gasteiger partial charge on any atom is 0.228 e. The lowest BCUT2D eigenvalue weighted by molar-refractivity contribution is -0.313. The highest BCUT2D eigenvalue weighted by atomic mass is 16.4. The van der Waals surface area contributed by atoms with Crippen LogP contribution in [0.15, 0.2) is 54.6 Å². The number of nitrogens with one attached hydrogen (secondary N) is 1. The Hall–Kier alpha value is -2.62. The zero-order valence-corrected chi connectivity index (χ0v) is 12.0. The zero-order chi connectivity index (χ0) is 15.5. The number of rotatable bonds is 3. The van der Waals surface area contributed by atoms with Crippen LogP contribution in [-0.2, 0) is 9.59 Å². The molecule has 0 unspecified atom stereocenters. The highest BCUT2D eigenvalue weighted by Crippen LogP contribution is 2.27. The molecule has 2 aromatic rings. The summed E-state index contributed by atoms with van der Waals surface area (Å²) in [5, 5.41) is 16.1. The lowest BCUT2D eigenvalue weighted by Crippen LogP contribution is -2.41. The number of carboxylic acid groups (broad SMARTS) is 1. The summed E-state index contributed by atoms with van der Waals surface area (Å²) in [6.07, 6.45) is 4.42. The van der Waals surface area contributed by atoms with E-state index in [0.717, 1.165) is 10.8 Å². The second-order valence-electron chi connectivity index (χ2n) is 5.53. The summed E-state index contributed by atoms with van der Waals surface area (Å²) in [7, 11) is 0. The van der Waals surface area contributed by atoms with Crippen LogP contribution in [0.3, 0.4) is 0 Å². The van der Waals surface area contributed by atoms with Crippen LogP contribution in [0.4, 0.5) is 5.69 Å². The van der Waals surface area contributed by atoms with E-state index in [1.165, 1.54) is 0 Å². The first kappa shape index (κ1) is 14.3. The van der Waals surface area contributed by atoms with Gasteiger partial charge in [0.1, 0.15) is 0 Å². The second kappa shape index (κ2) is 6.02. The van der Waals surface area contributed by atoms with E-state index in [9.17, 15) is 14.7 Å². The molecule has 112 valence electrons. The van der Waals surface area contributed by atoms with Crippen molar-refractivity contribution in [3.8, 4) is 0 Å². The SMILES string of the molecule is O=C([O-])[C@H]1CC=CC[C@@H]1C(=O)Nc1ccc2ccccc2c1. The molecule has 0 aliphatic heterocycles. The Bertz CT molecular complexity index is 751. The number of hydrogen-bond acceptors (Lipinski definition) is 3. The fraction of sp³-hybridized carbons (Fsp3) is 0.222. The van der Waals surface area contributed by atoms with Gasteiger partial charge in [-0.1, -0.05) is 42.5 Å². The summed E-state index contributed by atoms with van der Waals surface area (Å²) >= 11 is 0. The average molecular weight is 294 g/mol. The normalized spacial score (nSPS) is 20.7. The molecule has 22 heavy (non-hydrogen) atoms. The van der Waals surface area contributed by atoms with Crippen LogP contribution >= 0.6 is 0 Å². The Morgan fingerprint density at radius 2 is 1.64 bits per heavy atom. The Morgan fingerprint density at radius 3 is 2.36 bits per heavy atom. The van der Waals surface area contributed by atoms with Crippen LogP contribution in [0.1, 0.15) is 12.8 Å². The molecule has 0 aromatic heterocycles. The lowest BCUT2D eigenvalue weighted by Gasteiger charge is -2.28. The van der Waals surface area contributed by atoms with Gasteiger partial charge in [0.2, 0.25) is 5.91 Å². The van der Waals surface area contributed by atoms with Crippen LogP contribution in [0.5, 0.6) is 0 Å². The van der Waals surface area contributed by atoms with Crippen molar-refractivity contribution in [1.82, 2.24) is 0 Å². The molecule has 4 nitrogen and oxygen atoms in total. The summed E-state index contributed by atoms with van der Waals surface area (Å²) in [5.41, 5.74) is 0.676. The fourth-order valence-corrected chi connectivity index (χ4v) is 2.87. The van der Waals surface area contributed by atoms with Crippen molar-refractivity contribution in [1.29, 1.82) is 0 Å². The van der Waals surface area contributed by atoms with Crippen LogP contribution in [0, 0.1) is 11.8 Å². The molecule has 0 heterocycles. The van der Waals surface area contributed by atoms with Crippen LogP contribution in [0.2, 0.25) is 0 Å². The van der Waals surface area contributed by atoms with Gasteiger partial charge in [-0.15, -0.1) is 0 Å². The van der Waals surface area contributed by atoms with Crippen molar-refractivity contribution < 1.29 is 14.7 Å². The minimum Gasteiger partial charge on any atom is -0.550 e. The maximum atomic E-state index is 12.4. The molecule has 0 saturated carbocycles. The van der Waals surface area contributed by atoms with Crippen LogP contribution in [-0.4, -0.2) is 11.9 Å². The molecule has 2 aromatic carbocycles. The smallest absolute Gasteiger partial charge is 0.228 e. The molecule has 0 fully saturated rings. The van der Waals surface area contributed by atoms with Crippen LogP contribution in [0.25, 0.3) is 10.8 Å². The molecule has 0 saturated heterocycles. The average Bonchev–Trinajstić information content (AvgIpc) is 2.54. The number of hydrogen-bond donors (Lipinski definition) is 1. The summed E-state index contributed by atoms with van der Waals surface area (Å²) in [6.45, 7) is 0. The quantitative estimate of drug-likeness (QED) is 0.881. The first-order valence-electron chi connectivity index (χ1n) is 7.30. The van der Waals surface area contributed by atoms with Crippen molar-refractivity contribution in [2.24, 2.45) is 11.8 Å². The van der Waals surface area contributed by atoms with Gasteiger partial charge in [-0.25, -0.2) is 0 Å². The molecule has 3 rings (SSSR count). The van der Waals surface area contributed by atoms with E-state index in [2.05, 4.69) is 5.32 Å². The Morgan fingerprint density at radius 1 is 0.955 bits per heavy atom. The number of anilines is 1. The molecule has 0 radical (unpaired) electrons. The largest absolute Gasteiger partial charge is 0.550 e. The van der Waals surface area contributed by atoms with Crippen molar-refractivity contribution in [3.05, 3.63) is 54.6 Å². The minimum atomic E-state index is -1.16. The number of amides is 1. The number of fused-ring (bicyclic) bond motifs is 1. The van der Waals surface area contributed by atoms with E-state index in [0.29, 0.717) is 18.5 Å². The predicted octanol–water partition coefficient (Wildman–Crippen LogP) is 2.11. The molecule has 1 aliphatic rings. The highest BCUT2D eigenvalue weighted by Gasteiger charge is 2.29. The zero-order valence-electron chi connectivity index (χ0n) is 12.0. The third-order valence-electron chi connectivity index (χ3n) is 4.09. The summed E-state index contributed by atoms with van der Waals surface area (Å²) in [6, 6.07) is 13.5. The van der Waals surface area contributed by atoms with Gasteiger partial charge < -0.3 is 15.2 Å². The number of carbonyl (C=O) groups excluding carboxylic acids is 2. The van der Waals surface area contributed by atoms with E-state index in [1.54, 1.807) is 6.08 Å². The number of benzene rings is 2. The van der Waals surface area contributed by atoms with Gasteiger partial charge in [0.05, 0.1) is 5.92 Å². The summed E-state index contributed by atoms with van der Waals surface area (Å²) in [4.78, 5) is 23.6. The topological polar surface area (TPSA) is 69.2 Å². The maximum absolute atomic E-state index is 12.4. The minimum absolute atomic E-state index is 0.270. The van der Waals surface area contributed by atoms with Crippen molar-refractivity contribution in [3.63, 3.8) is 0 Å². The highest BCUT2D eigenvalue weighted by molar-refractivity contribution is 5.97. The van der Waals surface area contributed by atoms with Gasteiger partial charge in [-0.2, -0.15) is 0 Å². The third kappa shape index (κ3) is 2.86. The van der Waals surface area contributed by atoms with E-state index in [1.807, 2.05) is 48.5 Å². The van der Waals surface area contributed by atoms with Gasteiger partial charge in [0.25, 0.3) is 0 Å². The molecule has 4 heteroatoms. The van der Waals surface area contributed by atoms with Crippen molar-refractivity contribution in [2.45, 2.75) is 12.8 Å². The fourth-order valence-electron chi connectivity index (χ4n) is 2.87. The van der Waals surface area contributed by atoms with E-state index >= 15 is 0 Å². The van der Waals surface area contributed by atoms with Crippen molar-refractivity contribution >= 4 is 28.3 Å². The Balaban J connectivity index is 1.80. The molecule has 1 amide bonds. The molecule has 0 spiro atoms. The first-order chi connectivity index (χ1) is 10.6. The van der Waals surface area contributed by atoms with Gasteiger partial charge in [-0.3, -0.25) is 4.79 Å². The number of allylic oxidation sites excluding steroid dienone is 2. The second-order valence-corrected chi connectivity index (χ2v) is 5.53. The van der Waals surface area contributed by atoms with Crippen LogP contribution < -0.4 is 10.4 Å². The Kier molecular flexibility index (Phi) is 3.92. The lowest BCUT2D eigenvalue weighted by atomic mass is 9.82. The number of carboxylic acids is 1. The molecular weight excluding hydrogens is 278 g/mol. The number of carbonyl (C=O) groups is 2. The third-order valence-corrected chi connectivity index (χ3v) is 4.09.